The topological polar surface area (TPSA) is 71.6 Å². The van der Waals surface area contributed by atoms with E-state index in [-0.39, 0.29) is 6.61 Å². The molecule has 0 aromatic carbocycles. The van der Waals surface area contributed by atoms with Crippen molar-refractivity contribution >= 4 is 5.97 Å². The number of nitrogens with one attached hydrogen (secondary N) is 1. The van der Waals surface area contributed by atoms with Crippen LogP contribution in [-0.4, -0.2) is 36.9 Å². The summed E-state index contributed by atoms with van der Waals surface area (Å²) in [4.78, 5) is 13.9. The van der Waals surface area contributed by atoms with Crippen LogP contribution in [-0.2, 0) is 9.47 Å². The van der Waals surface area contributed by atoms with Crippen LogP contribution in [0.2, 0.25) is 0 Å². The van der Waals surface area contributed by atoms with Crippen molar-refractivity contribution in [1.29, 1.82) is 0 Å². The summed E-state index contributed by atoms with van der Waals surface area (Å²) in [5.74, 6) is -0.416. The molecule has 2 N–H and O–H groups in total. The van der Waals surface area contributed by atoms with Crippen molar-refractivity contribution in [3.8, 4) is 0 Å². The summed E-state index contributed by atoms with van der Waals surface area (Å²) < 4.78 is 9.51. The van der Waals surface area contributed by atoms with E-state index < -0.39 is 12.1 Å². The van der Waals surface area contributed by atoms with Crippen LogP contribution >= 0.6 is 0 Å². The van der Waals surface area contributed by atoms with Gasteiger partial charge in [0.15, 0.2) is 0 Å². The number of aromatic amines is 1. The number of rotatable bonds is 4. The summed E-state index contributed by atoms with van der Waals surface area (Å²) >= 11 is 0. The van der Waals surface area contributed by atoms with Crippen molar-refractivity contribution in [2.24, 2.45) is 0 Å². The molecule has 0 aliphatic rings. The van der Waals surface area contributed by atoms with Crippen molar-refractivity contribution in [3.05, 3.63) is 23.5 Å². The van der Waals surface area contributed by atoms with Crippen molar-refractivity contribution in [3.63, 3.8) is 0 Å². The van der Waals surface area contributed by atoms with E-state index in [0.29, 0.717) is 11.3 Å². The zero-order valence-corrected chi connectivity index (χ0v) is 8.11. The molecule has 1 aromatic rings. The van der Waals surface area contributed by atoms with Crippen molar-refractivity contribution in [2.75, 3.05) is 20.8 Å². The molecule has 0 radical (unpaired) electrons. The van der Waals surface area contributed by atoms with Gasteiger partial charge in [0.2, 0.25) is 0 Å². The highest BCUT2D eigenvalue weighted by Crippen LogP contribution is 2.16. The summed E-state index contributed by atoms with van der Waals surface area (Å²) in [6.45, 7) is -0.141. The fourth-order valence-electron chi connectivity index (χ4n) is 1.13. The first-order valence-corrected chi connectivity index (χ1v) is 4.13. The fraction of sp³-hybridized carbons (Fsp3) is 0.444. The molecular weight excluding hydrogens is 186 g/mol. The van der Waals surface area contributed by atoms with Gasteiger partial charge < -0.3 is 19.6 Å². The summed E-state index contributed by atoms with van der Waals surface area (Å²) in [5, 5.41) is 8.92. The van der Waals surface area contributed by atoms with Gasteiger partial charge in [-0.05, 0) is 6.07 Å². The molecule has 78 valence electrons. The van der Waals surface area contributed by atoms with E-state index >= 15 is 0 Å². The van der Waals surface area contributed by atoms with Gasteiger partial charge in [0.1, 0.15) is 6.10 Å². The number of carbonyl (C=O) groups excluding carboxylic acids is 1. The van der Waals surface area contributed by atoms with Gasteiger partial charge in [0.25, 0.3) is 0 Å². The monoisotopic (exact) mass is 199 g/mol. The molecular formula is C9H13NO4. The number of aliphatic hydroxyl groups is 1. The molecule has 0 aliphatic heterocycles. The number of aliphatic hydroxyl groups excluding tert-OH is 1. The third-order valence-electron chi connectivity index (χ3n) is 1.92. The first-order chi connectivity index (χ1) is 6.72. The van der Waals surface area contributed by atoms with Gasteiger partial charge in [-0.1, -0.05) is 0 Å². The predicted molar refractivity (Wildman–Crippen MR) is 49.0 cm³/mol. The van der Waals surface area contributed by atoms with E-state index in [1.807, 2.05) is 0 Å². The van der Waals surface area contributed by atoms with Gasteiger partial charge in [0, 0.05) is 19.0 Å². The maximum Gasteiger partial charge on any atom is 0.339 e. The van der Waals surface area contributed by atoms with E-state index in [2.05, 4.69) is 9.72 Å². The number of ether oxygens (including phenoxy) is 2. The minimum Gasteiger partial charge on any atom is -0.465 e. The molecule has 1 heterocycles. The molecule has 0 fully saturated rings. The third-order valence-corrected chi connectivity index (χ3v) is 1.92. The van der Waals surface area contributed by atoms with Gasteiger partial charge >= 0.3 is 5.97 Å². The standard InChI is InChI=1S/C9H13NO4/c1-13-8(5-11)7-3-6(4-10-7)9(12)14-2/h3-4,8,10-11H,5H2,1-2H3. The molecule has 0 saturated carbocycles. The van der Waals surface area contributed by atoms with Crippen LogP contribution in [0.3, 0.4) is 0 Å². The Morgan fingerprint density at radius 1 is 1.64 bits per heavy atom. The lowest BCUT2D eigenvalue weighted by atomic mass is 10.2. The third kappa shape index (κ3) is 2.12. The highest BCUT2D eigenvalue weighted by molar-refractivity contribution is 5.89. The second-order valence-corrected chi connectivity index (χ2v) is 2.74. The van der Waals surface area contributed by atoms with E-state index in [4.69, 9.17) is 9.84 Å². The van der Waals surface area contributed by atoms with Crippen LogP contribution in [0.5, 0.6) is 0 Å². The largest absolute Gasteiger partial charge is 0.465 e. The second-order valence-electron chi connectivity index (χ2n) is 2.74. The molecule has 5 heteroatoms. The quantitative estimate of drug-likeness (QED) is 0.692. The van der Waals surface area contributed by atoms with Crippen LogP contribution in [0, 0.1) is 0 Å². The zero-order chi connectivity index (χ0) is 10.6. The van der Waals surface area contributed by atoms with Crippen molar-refractivity contribution < 1.29 is 19.4 Å². The number of methoxy groups -OCH3 is 2. The van der Waals surface area contributed by atoms with Gasteiger partial charge in [-0.15, -0.1) is 0 Å². The highest BCUT2D eigenvalue weighted by Gasteiger charge is 2.14. The van der Waals surface area contributed by atoms with Crippen LogP contribution in [0.15, 0.2) is 12.3 Å². The predicted octanol–water partition coefficient (Wildman–Crippen LogP) is 0.481. The Balaban J connectivity index is 2.81. The Hall–Kier alpha value is -1.33. The van der Waals surface area contributed by atoms with Crippen molar-refractivity contribution in [1.82, 2.24) is 4.98 Å². The van der Waals surface area contributed by atoms with Gasteiger partial charge in [-0.3, -0.25) is 0 Å². The smallest absolute Gasteiger partial charge is 0.339 e. The van der Waals surface area contributed by atoms with Gasteiger partial charge in [0.05, 0.1) is 19.3 Å². The Morgan fingerprint density at radius 2 is 2.36 bits per heavy atom. The summed E-state index contributed by atoms with van der Waals surface area (Å²) in [6.07, 6.45) is 1.08. The van der Waals surface area contributed by atoms with Crippen molar-refractivity contribution in [2.45, 2.75) is 6.10 Å². The molecule has 0 amide bonds. The molecule has 5 nitrogen and oxygen atoms in total. The summed E-state index contributed by atoms with van der Waals surface area (Å²) in [7, 11) is 2.80. The Kier molecular flexibility index (Phi) is 3.67. The molecule has 1 unspecified atom stereocenters. The lowest BCUT2D eigenvalue weighted by Gasteiger charge is -2.09. The van der Waals surface area contributed by atoms with Gasteiger partial charge in [-0.2, -0.15) is 0 Å². The summed E-state index contributed by atoms with van der Waals surface area (Å²) in [6, 6.07) is 1.59. The minimum atomic E-state index is -0.437. The normalized spacial score (nSPS) is 12.5. The average Bonchev–Trinajstić information content (AvgIpc) is 2.68. The number of H-pyrrole nitrogens is 1. The number of carbonyl (C=O) groups is 1. The second kappa shape index (κ2) is 4.78. The van der Waals surface area contributed by atoms with Crippen LogP contribution in [0.4, 0.5) is 0 Å². The van der Waals surface area contributed by atoms with E-state index in [0.717, 1.165) is 0 Å². The Bertz CT molecular complexity index is 304. The number of hydrogen-bond donors (Lipinski definition) is 2. The average molecular weight is 199 g/mol. The molecule has 1 atom stereocenters. The van der Waals surface area contributed by atoms with Crippen LogP contribution in [0.1, 0.15) is 22.2 Å². The van der Waals surface area contributed by atoms with Crippen LogP contribution in [0.25, 0.3) is 0 Å². The Morgan fingerprint density at radius 3 is 2.86 bits per heavy atom. The number of esters is 1. The SMILES string of the molecule is COC(=O)c1c[nH]c(C(CO)OC)c1. The summed E-state index contributed by atoms with van der Waals surface area (Å²) in [5.41, 5.74) is 1.06. The molecule has 0 aliphatic carbocycles. The molecule has 0 bridgehead atoms. The first-order valence-electron chi connectivity index (χ1n) is 4.13. The first kappa shape index (κ1) is 10.7. The zero-order valence-electron chi connectivity index (χ0n) is 8.11. The van der Waals surface area contributed by atoms with Crippen LogP contribution < -0.4 is 0 Å². The number of hydrogen-bond acceptors (Lipinski definition) is 4. The molecule has 0 saturated heterocycles. The molecule has 1 rings (SSSR count). The lowest BCUT2D eigenvalue weighted by Crippen LogP contribution is -2.06. The Labute approximate surface area is 81.6 Å². The van der Waals surface area contributed by atoms with E-state index in [1.165, 1.54) is 20.4 Å². The van der Waals surface area contributed by atoms with E-state index in [1.54, 1.807) is 6.07 Å². The van der Waals surface area contributed by atoms with E-state index in [9.17, 15) is 4.79 Å². The van der Waals surface area contributed by atoms with Gasteiger partial charge in [-0.25, -0.2) is 4.79 Å². The molecule has 14 heavy (non-hydrogen) atoms. The highest BCUT2D eigenvalue weighted by atomic mass is 16.5. The molecule has 1 aromatic heterocycles. The maximum absolute atomic E-state index is 11.1. The lowest BCUT2D eigenvalue weighted by molar-refractivity contribution is 0.0457. The number of aromatic nitrogens is 1. The molecule has 0 spiro atoms. The fourth-order valence-corrected chi connectivity index (χ4v) is 1.13. The minimum absolute atomic E-state index is 0.141. The maximum atomic E-state index is 11.1.